The third-order valence-corrected chi connectivity index (χ3v) is 8.46. The molecule has 2 aromatic heterocycles. The van der Waals surface area contributed by atoms with Crippen molar-refractivity contribution in [1.82, 2.24) is 44.9 Å². The summed E-state index contributed by atoms with van der Waals surface area (Å²) in [4.78, 5) is 15.7. The van der Waals surface area contributed by atoms with Crippen LogP contribution in [-0.4, -0.2) is 90.2 Å². The molecule has 3 fully saturated rings. The number of imidazole rings is 1. The number of tetrazole rings is 1. The van der Waals surface area contributed by atoms with E-state index in [1.54, 1.807) is 0 Å². The van der Waals surface area contributed by atoms with Gasteiger partial charge in [-0.3, -0.25) is 14.7 Å². The minimum Gasteiger partial charge on any atom is -0.348 e. The Morgan fingerprint density at radius 3 is 2.51 bits per heavy atom. The third-order valence-electron chi connectivity index (χ3n) is 8.46. The summed E-state index contributed by atoms with van der Waals surface area (Å²) in [5, 5.41) is 13.4. The van der Waals surface area contributed by atoms with Gasteiger partial charge in [-0.15, -0.1) is 5.10 Å². The van der Waals surface area contributed by atoms with Gasteiger partial charge < -0.3 is 4.98 Å². The molecule has 1 saturated carbocycles. The Kier molecular flexibility index (Phi) is 6.63. The number of nitrogens with zero attached hydrogens (tertiary/aromatic N) is 8. The maximum absolute atomic E-state index is 4.71. The van der Waals surface area contributed by atoms with Gasteiger partial charge in [0.1, 0.15) is 5.82 Å². The molecule has 0 radical (unpaired) electrons. The van der Waals surface area contributed by atoms with Crippen molar-refractivity contribution in [1.29, 1.82) is 0 Å². The molecule has 35 heavy (non-hydrogen) atoms. The Morgan fingerprint density at radius 2 is 1.77 bits per heavy atom. The molecule has 1 aliphatic carbocycles. The highest BCUT2D eigenvalue weighted by Gasteiger charge is 2.46. The zero-order valence-electron chi connectivity index (χ0n) is 20.6. The van der Waals surface area contributed by atoms with Gasteiger partial charge in [-0.1, -0.05) is 36.8 Å². The second kappa shape index (κ2) is 10.2. The van der Waals surface area contributed by atoms with Crippen molar-refractivity contribution >= 4 is 0 Å². The van der Waals surface area contributed by atoms with Crippen molar-refractivity contribution < 1.29 is 0 Å². The van der Waals surface area contributed by atoms with Crippen molar-refractivity contribution in [2.45, 2.75) is 63.2 Å². The molecule has 9 heteroatoms. The van der Waals surface area contributed by atoms with Crippen LogP contribution < -0.4 is 0 Å². The molecular weight excluding hydrogens is 438 g/mol. The Balaban J connectivity index is 1.25. The average Bonchev–Trinajstić information content (AvgIpc) is 3.48. The van der Waals surface area contributed by atoms with Crippen molar-refractivity contribution in [2.75, 3.05) is 39.3 Å². The standard InChI is InChI=1S/C26H37N9/c1-2-6-22(7-3-1)20-35-25(29-30-31-35)26(10-16-32(17-11-26)21-24-27-12-13-28-24)34-15-5-14-33(18-19-34)23-8-4-9-23/h1-3,6-7,12-13,23H,4-5,8-11,14-21H2,(H,27,28). The molecule has 2 saturated heterocycles. The average molecular weight is 476 g/mol. The van der Waals surface area contributed by atoms with Crippen LogP contribution in [0.3, 0.4) is 0 Å². The molecule has 3 aromatic rings. The number of likely N-dealkylation sites (tertiary alicyclic amines) is 1. The lowest BCUT2D eigenvalue weighted by molar-refractivity contribution is 0.00541. The quantitative estimate of drug-likeness (QED) is 0.562. The number of hydrogen-bond acceptors (Lipinski definition) is 7. The number of aromatic nitrogens is 6. The predicted molar refractivity (Wildman–Crippen MR) is 134 cm³/mol. The number of benzene rings is 1. The molecule has 2 aliphatic heterocycles. The van der Waals surface area contributed by atoms with Crippen molar-refractivity contribution in [3.63, 3.8) is 0 Å². The maximum Gasteiger partial charge on any atom is 0.172 e. The fraction of sp³-hybridized carbons (Fsp3) is 0.615. The zero-order chi connectivity index (χ0) is 23.5. The second-order valence-electron chi connectivity index (χ2n) is 10.5. The minimum absolute atomic E-state index is 0.131. The Morgan fingerprint density at radius 1 is 0.914 bits per heavy atom. The lowest BCUT2D eigenvalue weighted by Crippen LogP contribution is -2.55. The molecule has 0 unspecified atom stereocenters. The second-order valence-corrected chi connectivity index (χ2v) is 10.5. The van der Waals surface area contributed by atoms with Crippen LogP contribution in [-0.2, 0) is 18.6 Å². The Bertz CT molecular complexity index is 1050. The summed E-state index contributed by atoms with van der Waals surface area (Å²) in [6.45, 7) is 8.19. The van der Waals surface area contributed by atoms with Gasteiger partial charge in [0.05, 0.1) is 18.6 Å². The molecule has 0 atom stereocenters. The number of H-pyrrole nitrogens is 1. The van der Waals surface area contributed by atoms with Crippen LogP contribution in [0.15, 0.2) is 42.7 Å². The zero-order valence-corrected chi connectivity index (χ0v) is 20.6. The number of piperidine rings is 1. The van der Waals surface area contributed by atoms with Crippen LogP contribution in [0.2, 0.25) is 0 Å². The van der Waals surface area contributed by atoms with E-state index in [0.29, 0.717) is 6.54 Å². The largest absolute Gasteiger partial charge is 0.348 e. The first-order valence-corrected chi connectivity index (χ1v) is 13.3. The Labute approximate surface area is 207 Å². The summed E-state index contributed by atoms with van der Waals surface area (Å²) in [5.74, 6) is 2.08. The van der Waals surface area contributed by atoms with Crippen LogP contribution >= 0.6 is 0 Å². The summed E-state index contributed by atoms with van der Waals surface area (Å²) in [6, 6.07) is 11.4. The molecule has 1 N–H and O–H groups in total. The molecule has 6 rings (SSSR count). The van der Waals surface area contributed by atoms with Crippen molar-refractivity contribution in [3.8, 4) is 0 Å². The van der Waals surface area contributed by atoms with Gasteiger partial charge in [0, 0.05) is 51.2 Å². The molecule has 9 nitrogen and oxygen atoms in total. The van der Waals surface area contributed by atoms with E-state index in [1.807, 2.05) is 12.4 Å². The van der Waals surface area contributed by atoms with Gasteiger partial charge in [-0.25, -0.2) is 9.67 Å². The number of rotatable bonds is 7. The molecule has 1 aromatic carbocycles. The maximum atomic E-state index is 4.71. The van der Waals surface area contributed by atoms with Crippen molar-refractivity contribution in [3.05, 3.63) is 59.9 Å². The van der Waals surface area contributed by atoms with Gasteiger partial charge in [-0.05, 0) is 54.6 Å². The van der Waals surface area contributed by atoms with E-state index in [2.05, 4.69) is 70.1 Å². The molecule has 186 valence electrons. The lowest BCUT2D eigenvalue weighted by Gasteiger charge is -2.47. The van der Waals surface area contributed by atoms with E-state index in [1.165, 1.54) is 37.8 Å². The highest BCUT2D eigenvalue weighted by Crippen LogP contribution is 2.39. The molecule has 0 spiro atoms. The highest BCUT2D eigenvalue weighted by molar-refractivity contribution is 5.17. The van der Waals surface area contributed by atoms with Crippen LogP contribution in [0.4, 0.5) is 0 Å². The van der Waals surface area contributed by atoms with E-state index in [4.69, 9.17) is 5.10 Å². The summed E-state index contributed by atoms with van der Waals surface area (Å²) >= 11 is 0. The lowest BCUT2D eigenvalue weighted by atomic mass is 9.84. The monoisotopic (exact) mass is 475 g/mol. The molecule has 4 heterocycles. The highest BCUT2D eigenvalue weighted by atomic mass is 15.6. The van der Waals surface area contributed by atoms with Gasteiger partial charge in [0.15, 0.2) is 5.82 Å². The summed E-state index contributed by atoms with van der Waals surface area (Å²) in [6.07, 6.45) is 11.2. The summed E-state index contributed by atoms with van der Waals surface area (Å²) in [7, 11) is 0. The first kappa shape index (κ1) is 22.8. The first-order chi connectivity index (χ1) is 17.3. The fourth-order valence-electron chi connectivity index (χ4n) is 6.24. The smallest absolute Gasteiger partial charge is 0.172 e. The SMILES string of the molecule is c1ccc(Cn2nnnc2C2(N3CCCN(C4CCC4)CC3)CCN(Cc3ncc[nH]3)CC2)cc1. The molecule has 0 amide bonds. The summed E-state index contributed by atoms with van der Waals surface area (Å²) < 4.78 is 2.06. The van der Waals surface area contributed by atoms with E-state index in [-0.39, 0.29) is 5.54 Å². The van der Waals surface area contributed by atoms with Crippen molar-refractivity contribution in [2.24, 2.45) is 0 Å². The fourth-order valence-corrected chi connectivity index (χ4v) is 6.24. The molecule has 3 aliphatic rings. The molecular formula is C26H37N9. The number of hydrogen-bond donors (Lipinski definition) is 1. The van der Waals surface area contributed by atoms with E-state index < -0.39 is 0 Å². The minimum atomic E-state index is -0.131. The van der Waals surface area contributed by atoms with Crippen LogP contribution in [0, 0.1) is 0 Å². The van der Waals surface area contributed by atoms with E-state index in [9.17, 15) is 0 Å². The Hall–Kier alpha value is -2.62. The van der Waals surface area contributed by atoms with Gasteiger partial charge in [-0.2, -0.15) is 0 Å². The molecule has 0 bridgehead atoms. The van der Waals surface area contributed by atoms with Crippen LogP contribution in [0.1, 0.15) is 55.7 Å². The summed E-state index contributed by atoms with van der Waals surface area (Å²) in [5.41, 5.74) is 1.10. The van der Waals surface area contributed by atoms with E-state index >= 15 is 0 Å². The predicted octanol–water partition coefficient (Wildman–Crippen LogP) is 2.50. The van der Waals surface area contributed by atoms with Gasteiger partial charge >= 0.3 is 0 Å². The topological polar surface area (TPSA) is 82.0 Å². The third kappa shape index (κ3) is 4.77. The normalized spacial score (nSPS) is 22.6. The first-order valence-electron chi connectivity index (χ1n) is 13.3. The number of nitrogens with one attached hydrogen (secondary N) is 1. The van der Waals surface area contributed by atoms with Crippen LogP contribution in [0.25, 0.3) is 0 Å². The van der Waals surface area contributed by atoms with Gasteiger partial charge in [0.2, 0.25) is 0 Å². The van der Waals surface area contributed by atoms with Crippen LogP contribution in [0.5, 0.6) is 0 Å². The number of aromatic amines is 1. The van der Waals surface area contributed by atoms with E-state index in [0.717, 1.165) is 69.8 Å². The van der Waals surface area contributed by atoms with Gasteiger partial charge in [0.25, 0.3) is 0 Å².